The van der Waals surface area contributed by atoms with Crippen LogP contribution >= 0.6 is 0 Å². The van der Waals surface area contributed by atoms with Crippen LogP contribution in [-0.4, -0.2) is 23.5 Å². The van der Waals surface area contributed by atoms with Gasteiger partial charge < -0.3 is 14.5 Å². The number of rotatable bonds is 5. The second-order valence-corrected chi connectivity index (χ2v) is 7.66. The lowest BCUT2D eigenvalue weighted by Crippen LogP contribution is -2.31. The third-order valence-corrected chi connectivity index (χ3v) is 5.39. The summed E-state index contributed by atoms with van der Waals surface area (Å²) in [6.45, 7) is 3.65. The average Bonchev–Trinajstić information content (AvgIpc) is 3.25. The summed E-state index contributed by atoms with van der Waals surface area (Å²) in [7, 11) is 0. The number of pyridine rings is 1. The predicted molar refractivity (Wildman–Crippen MR) is 108 cm³/mol. The highest BCUT2D eigenvalue weighted by Crippen LogP contribution is 2.32. The highest BCUT2D eigenvalue weighted by molar-refractivity contribution is 6.05. The molecule has 6 heteroatoms. The molecular formula is C23H24N2O4. The number of nitrogens with zero attached hydrogens (tertiary/aromatic N) is 1. The molecule has 29 heavy (non-hydrogen) atoms. The molecule has 1 aliphatic carbocycles. The maximum atomic E-state index is 13.0. The summed E-state index contributed by atoms with van der Waals surface area (Å²) in [5, 5.41) is 3.55. The zero-order valence-electron chi connectivity index (χ0n) is 16.6. The molecule has 2 atom stereocenters. The number of amides is 1. The molecule has 0 radical (unpaired) electrons. The van der Waals surface area contributed by atoms with Crippen molar-refractivity contribution in [2.24, 2.45) is 5.92 Å². The Labute approximate surface area is 169 Å². The van der Waals surface area contributed by atoms with Gasteiger partial charge in [-0.2, -0.15) is 0 Å². The number of furan rings is 1. The fourth-order valence-electron chi connectivity index (χ4n) is 3.89. The predicted octanol–water partition coefficient (Wildman–Crippen LogP) is 3.99. The van der Waals surface area contributed by atoms with E-state index >= 15 is 0 Å². The van der Waals surface area contributed by atoms with Crippen molar-refractivity contribution in [2.45, 2.75) is 39.2 Å². The van der Waals surface area contributed by atoms with Crippen LogP contribution in [0.1, 0.15) is 53.7 Å². The van der Waals surface area contributed by atoms with Gasteiger partial charge in [-0.1, -0.05) is 25.1 Å². The molecule has 0 aliphatic heterocycles. The van der Waals surface area contributed by atoms with E-state index in [1.807, 2.05) is 31.2 Å². The lowest BCUT2D eigenvalue weighted by molar-refractivity contribution is -0.125. The van der Waals surface area contributed by atoms with Crippen LogP contribution in [0.2, 0.25) is 0 Å². The molecule has 1 aromatic carbocycles. The van der Waals surface area contributed by atoms with Crippen LogP contribution in [0.25, 0.3) is 10.9 Å². The lowest BCUT2D eigenvalue weighted by atomic mass is 9.84. The van der Waals surface area contributed by atoms with Gasteiger partial charge in [0.05, 0.1) is 23.4 Å². The largest absolute Gasteiger partial charge is 0.467 e. The normalized spacial score (nSPS) is 16.8. The summed E-state index contributed by atoms with van der Waals surface area (Å²) < 4.78 is 10.7. The van der Waals surface area contributed by atoms with Gasteiger partial charge in [0.2, 0.25) is 0 Å². The summed E-state index contributed by atoms with van der Waals surface area (Å²) in [5.41, 5.74) is 3.24. The summed E-state index contributed by atoms with van der Waals surface area (Å²) in [6.07, 6.45) is 4.25. The van der Waals surface area contributed by atoms with Crippen LogP contribution < -0.4 is 5.32 Å². The molecule has 0 spiro atoms. The van der Waals surface area contributed by atoms with Gasteiger partial charge in [-0.25, -0.2) is 4.79 Å². The molecule has 2 aromatic heterocycles. The Morgan fingerprint density at radius 1 is 1.28 bits per heavy atom. The molecule has 0 bridgehead atoms. The monoisotopic (exact) mass is 392 g/mol. The van der Waals surface area contributed by atoms with Crippen molar-refractivity contribution in [2.75, 3.05) is 6.61 Å². The number of hydrogen-bond acceptors (Lipinski definition) is 5. The minimum Gasteiger partial charge on any atom is -0.467 e. The maximum absolute atomic E-state index is 13.0. The lowest BCUT2D eigenvalue weighted by Gasteiger charge is -2.24. The van der Waals surface area contributed by atoms with E-state index in [9.17, 15) is 9.59 Å². The first-order chi connectivity index (χ1) is 14.0. The highest BCUT2D eigenvalue weighted by atomic mass is 16.5. The first kappa shape index (κ1) is 19.2. The smallest absolute Gasteiger partial charge is 0.339 e. The first-order valence-electron chi connectivity index (χ1n) is 9.93. The molecule has 0 fully saturated rings. The van der Waals surface area contributed by atoms with Gasteiger partial charge >= 0.3 is 5.97 Å². The number of carbonyl (C=O) groups is 2. The van der Waals surface area contributed by atoms with Gasteiger partial charge in [-0.3, -0.25) is 9.78 Å². The molecule has 1 aliphatic rings. The molecule has 0 unspecified atom stereocenters. The first-order valence-corrected chi connectivity index (χ1v) is 9.93. The SMILES string of the molecule is C[C@@H]1CCc2nc3ccccc3c(C(=O)OCC(=O)N[C@H](C)c3ccco3)c2C1. The Morgan fingerprint density at radius 2 is 2.10 bits per heavy atom. The fourth-order valence-corrected chi connectivity index (χ4v) is 3.89. The third-order valence-electron chi connectivity index (χ3n) is 5.39. The van der Waals surface area contributed by atoms with Crippen LogP contribution in [0, 0.1) is 5.92 Å². The Hall–Kier alpha value is -3.15. The number of hydrogen-bond donors (Lipinski definition) is 1. The van der Waals surface area contributed by atoms with E-state index in [1.54, 1.807) is 18.4 Å². The van der Waals surface area contributed by atoms with Crippen molar-refractivity contribution in [1.29, 1.82) is 0 Å². The molecule has 1 N–H and O–H groups in total. The molecule has 3 aromatic rings. The molecule has 4 rings (SSSR count). The number of aromatic nitrogens is 1. The van der Waals surface area contributed by atoms with E-state index in [4.69, 9.17) is 14.1 Å². The minimum absolute atomic E-state index is 0.299. The minimum atomic E-state index is -0.477. The average molecular weight is 392 g/mol. The van der Waals surface area contributed by atoms with Gasteiger partial charge in [-0.05, 0) is 55.9 Å². The molecule has 1 amide bonds. The molecule has 6 nitrogen and oxygen atoms in total. The quantitative estimate of drug-likeness (QED) is 0.664. The number of benzene rings is 1. The number of para-hydroxylation sites is 1. The number of nitrogens with one attached hydrogen (secondary N) is 1. The molecule has 2 heterocycles. The van der Waals surface area contributed by atoms with Crippen LogP contribution in [0.15, 0.2) is 47.1 Å². The summed E-state index contributed by atoms with van der Waals surface area (Å²) in [5.74, 6) is 0.278. The van der Waals surface area contributed by atoms with Gasteiger partial charge in [0.25, 0.3) is 5.91 Å². The van der Waals surface area contributed by atoms with E-state index < -0.39 is 5.97 Å². The Bertz CT molecular complexity index is 1040. The van der Waals surface area contributed by atoms with E-state index in [2.05, 4.69) is 12.2 Å². The van der Waals surface area contributed by atoms with Crippen LogP contribution in [-0.2, 0) is 22.4 Å². The van der Waals surface area contributed by atoms with Gasteiger partial charge in [0, 0.05) is 11.1 Å². The molecular weight excluding hydrogens is 368 g/mol. The van der Waals surface area contributed by atoms with E-state index in [0.29, 0.717) is 17.2 Å². The number of esters is 1. The van der Waals surface area contributed by atoms with Crippen molar-refractivity contribution in [3.8, 4) is 0 Å². The Kier molecular flexibility index (Phi) is 5.34. The zero-order valence-corrected chi connectivity index (χ0v) is 16.6. The van der Waals surface area contributed by atoms with Gasteiger partial charge in [-0.15, -0.1) is 0 Å². The molecule has 0 saturated heterocycles. The standard InChI is InChI=1S/C23H24N2O4/c1-14-9-10-19-17(12-14)22(16-6-3-4-7-18(16)25-19)23(27)29-13-21(26)24-15(2)20-8-5-11-28-20/h3-8,11,14-15H,9-10,12-13H2,1-2H3,(H,24,26)/t14-,15-/m1/s1. The summed E-state index contributed by atoms with van der Waals surface area (Å²) in [6, 6.07) is 10.8. The second-order valence-electron chi connectivity index (χ2n) is 7.66. The number of aryl methyl sites for hydroxylation is 1. The number of carbonyl (C=O) groups excluding carboxylic acids is 2. The van der Waals surface area contributed by atoms with E-state index in [-0.39, 0.29) is 18.6 Å². The Balaban J connectivity index is 1.54. The van der Waals surface area contributed by atoms with Gasteiger partial charge in [0.1, 0.15) is 5.76 Å². The van der Waals surface area contributed by atoms with Crippen LogP contribution in [0.4, 0.5) is 0 Å². The fraction of sp³-hybridized carbons (Fsp3) is 0.348. The van der Waals surface area contributed by atoms with E-state index in [0.717, 1.165) is 41.4 Å². The van der Waals surface area contributed by atoms with E-state index in [1.165, 1.54) is 0 Å². The second kappa shape index (κ2) is 8.07. The van der Waals surface area contributed by atoms with Crippen LogP contribution in [0.3, 0.4) is 0 Å². The van der Waals surface area contributed by atoms with Gasteiger partial charge in [0.15, 0.2) is 6.61 Å². The van der Waals surface area contributed by atoms with Crippen molar-refractivity contribution >= 4 is 22.8 Å². The third kappa shape index (κ3) is 4.01. The number of fused-ring (bicyclic) bond motifs is 2. The topological polar surface area (TPSA) is 81.4 Å². The highest BCUT2D eigenvalue weighted by Gasteiger charge is 2.26. The molecule has 0 saturated carbocycles. The summed E-state index contributed by atoms with van der Waals surface area (Å²) >= 11 is 0. The number of ether oxygens (including phenoxy) is 1. The van der Waals surface area contributed by atoms with Crippen molar-refractivity contribution in [3.63, 3.8) is 0 Å². The van der Waals surface area contributed by atoms with Crippen LogP contribution in [0.5, 0.6) is 0 Å². The van der Waals surface area contributed by atoms with Crippen molar-refractivity contribution in [1.82, 2.24) is 10.3 Å². The summed E-state index contributed by atoms with van der Waals surface area (Å²) in [4.78, 5) is 30.0. The molecule has 150 valence electrons. The zero-order chi connectivity index (χ0) is 20.4. The van der Waals surface area contributed by atoms with Crippen molar-refractivity contribution < 1.29 is 18.7 Å². The van der Waals surface area contributed by atoms with Crippen molar-refractivity contribution in [3.05, 3.63) is 65.2 Å². The Morgan fingerprint density at radius 3 is 2.90 bits per heavy atom. The maximum Gasteiger partial charge on any atom is 0.339 e.